The third kappa shape index (κ3) is 2.26. The Bertz CT molecular complexity index is 675. The average molecular weight is 268 g/mol. The van der Waals surface area contributed by atoms with Crippen LogP contribution in [-0.4, -0.2) is 5.78 Å². The van der Waals surface area contributed by atoms with Gasteiger partial charge in [0.2, 0.25) is 0 Å². The second-order valence-corrected chi connectivity index (χ2v) is 5.63. The van der Waals surface area contributed by atoms with E-state index >= 15 is 0 Å². The first-order chi connectivity index (χ1) is 9.58. The molecule has 2 heteroatoms. The van der Waals surface area contributed by atoms with Crippen LogP contribution in [0.4, 0.5) is 4.39 Å². The monoisotopic (exact) mass is 268 g/mol. The summed E-state index contributed by atoms with van der Waals surface area (Å²) in [4.78, 5) is 12.4. The van der Waals surface area contributed by atoms with Crippen LogP contribution in [0.25, 0.3) is 0 Å². The molecular weight excluding hydrogens is 251 g/mol. The van der Waals surface area contributed by atoms with Gasteiger partial charge in [0, 0.05) is 11.5 Å². The van der Waals surface area contributed by atoms with E-state index in [1.165, 1.54) is 17.2 Å². The van der Waals surface area contributed by atoms with Crippen LogP contribution in [0, 0.1) is 25.6 Å². The van der Waals surface area contributed by atoms with E-state index in [4.69, 9.17) is 0 Å². The van der Waals surface area contributed by atoms with Gasteiger partial charge in [0.15, 0.2) is 5.78 Å². The topological polar surface area (TPSA) is 17.1 Å². The Morgan fingerprint density at radius 1 is 1.10 bits per heavy atom. The van der Waals surface area contributed by atoms with Crippen molar-refractivity contribution in [2.24, 2.45) is 5.92 Å². The molecule has 3 rings (SSSR count). The standard InChI is InChI=1S/C18H17FO/c1-11-5-3-4-6-14(11)15-10-16(15)18(20)13-7-8-17(19)12(2)9-13/h3-9,15-16H,10H2,1-2H3. The van der Waals surface area contributed by atoms with Crippen LogP contribution < -0.4 is 0 Å². The predicted octanol–water partition coefficient (Wildman–Crippen LogP) is 4.43. The minimum atomic E-state index is -0.257. The summed E-state index contributed by atoms with van der Waals surface area (Å²) in [5.41, 5.74) is 3.67. The van der Waals surface area contributed by atoms with Crippen LogP contribution in [0.1, 0.15) is 39.4 Å². The van der Waals surface area contributed by atoms with Crippen molar-refractivity contribution < 1.29 is 9.18 Å². The first-order valence-corrected chi connectivity index (χ1v) is 6.94. The van der Waals surface area contributed by atoms with Crippen molar-refractivity contribution in [2.75, 3.05) is 0 Å². The molecule has 102 valence electrons. The van der Waals surface area contributed by atoms with E-state index in [0.717, 1.165) is 6.42 Å². The molecule has 1 fully saturated rings. The van der Waals surface area contributed by atoms with Gasteiger partial charge in [0.1, 0.15) is 5.82 Å². The largest absolute Gasteiger partial charge is 0.294 e. The number of benzene rings is 2. The summed E-state index contributed by atoms with van der Waals surface area (Å²) in [6, 6.07) is 12.8. The van der Waals surface area contributed by atoms with Gasteiger partial charge in [-0.15, -0.1) is 0 Å². The number of Topliss-reactive ketones (excluding diaryl/α,β-unsaturated/α-hetero) is 1. The molecule has 0 aromatic heterocycles. The highest BCUT2D eigenvalue weighted by Crippen LogP contribution is 2.50. The zero-order chi connectivity index (χ0) is 14.3. The fraction of sp³-hybridized carbons (Fsp3) is 0.278. The number of rotatable bonds is 3. The molecule has 2 aromatic rings. The Labute approximate surface area is 118 Å². The molecule has 0 N–H and O–H groups in total. The highest BCUT2D eigenvalue weighted by atomic mass is 19.1. The quantitative estimate of drug-likeness (QED) is 0.753. The van der Waals surface area contributed by atoms with Crippen molar-refractivity contribution in [3.05, 3.63) is 70.5 Å². The molecule has 1 aliphatic carbocycles. The molecule has 2 unspecified atom stereocenters. The number of hydrogen-bond donors (Lipinski definition) is 0. The van der Waals surface area contributed by atoms with Gasteiger partial charge in [0.05, 0.1) is 0 Å². The summed E-state index contributed by atoms with van der Waals surface area (Å²) in [5, 5.41) is 0. The van der Waals surface area contributed by atoms with E-state index < -0.39 is 0 Å². The minimum Gasteiger partial charge on any atom is -0.294 e. The summed E-state index contributed by atoms with van der Waals surface area (Å²) in [7, 11) is 0. The molecule has 0 bridgehead atoms. The van der Waals surface area contributed by atoms with E-state index in [0.29, 0.717) is 17.0 Å². The summed E-state index contributed by atoms with van der Waals surface area (Å²) in [5.74, 6) is 0.268. The number of aryl methyl sites for hydroxylation is 2. The first kappa shape index (κ1) is 13.0. The molecule has 0 amide bonds. The highest BCUT2D eigenvalue weighted by molar-refractivity contribution is 6.00. The minimum absolute atomic E-state index is 0.0564. The summed E-state index contributed by atoms with van der Waals surface area (Å²) < 4.78 is 13.3. The Morgan fingerprint density at radius 2 is 1.85 bits per heavy atom. The van der Waals surface area contributed by atoms with Crippen LogP contribution in [0.5, 0.6) is 0 Å². The fourth-order valence-corrected chi connectivity index (χ4v) is 2.84. The third-order valence-corrected chi connectivity index (χ3v) is 4.16. The van der Waals surface area contributed by atoms with Gasteiger partial charge in [-0.2, -0.15) is 0 Å². The maximum Gasteiger partial charge on any atom is 0.166 e. The summed E-state index contributed by atoms with van der Waals surface area (Å²) in [6.45, 7) is 3.77. The molecule has 20 heavy (non-hydrogen) atoms. The zero-order valence-electron chi connectivity index (χ0n) is 11.7. The Hall–Kier alpha value is -1.96. The van der Waals surface area contributed by atoms with Gasteiger partial charge in [-0.25, -0.2) is 4.39 Å². The number of ketones is 1. The van der Waals surface area contributed by atoms with Gasteiger partial charge in [0.25, 0.3) is 0 Å². The average Bonchev–Trinajstić information content (AvgIpc) is 3.22. The molecule has 1 aliphatic rings. The lowest BCUT2D eigenvalue weighted by molar-refractivity contribution is 0.0965. The van der Waals surface area contributed by atoms with E-state index in [-0.39, 0.29) is 17.5 Å². The molecule has 1 nitrogen and oxygen atoms in total. The van der Waals surface area contributed by atoms with Crippen LogP contribution in [0.2, 0.25) is 0 Å². The van der Waals surface area contributed by atoms with Gasteiger partial charge < -0.3 is 0 Å². The van der Waals surface area contributed by atoms with Crippen molar-refractivity contribution in [1.29, 1.82) is 0 Å². The van der Waals surface area contributed by atoms with E-state index in [1.807, 2.05) is 12.1 Å². The second kappa shape index (κ2) is 4.86. The third-order valence-electron chi connectivity index (χ3n) is 4.16. The van der Waals surface area contributed by atoms with Crippen molar-refractivity contribution in [3.63, 3.8) is 0 Å². The highest BCUT2D eigenvalue weighted by Gasteiger charge is 2.44. The smallest absolute Gasteiger partial charge is 0.166 e. The van der Waals surface area contributed by atoms with Gasteiger partial charge >= 0.3 is 0 Å². The lowest BCUT2D eigenvalue weighted by Gasteiger charge is -2.05. The van der Waals surface area contributed by atoms with Gasteiger partial charge in [-0.3, -0.25) is 4.79 Å². The Kier molecular flexibility index (Phi) is 3.17. The molecule has 2 aromatic carbocycles. The van der Waals surface area contributed by atoms with Crippen molar-refractivity contribution >= 4 is 5.78 Å². The van der Waals surface area contributed by atoms with E-state index in [9.17, 15) is 9.18 Å². The summed E-state index contributed by atoms with van der Waals surface area (Å²) in [6.07, 6.45) is 0.903. The van der Waals surface area contributed by atoms with Crippen LogP contribution in [-0.2, 0) is 0 Å². The molecule has 0 radical (unpaired) electrons. The normalized spacial score (nSPS) is 20.8. The molecule has 2 atom stereocenters. The lowest BCUT2D eigenvalue weighted by atomic mass is 9.99. The first-order valence-electron chi connectivity index (χ1n) is 6.94. The van der Waals surface area contributed by atoms with Crippen molar-refractivity contribution in [1.82, 2.24) is 0 Å². The molecule has 0 aliphatic heterocycles. The van der Waals surface area contributed by atoms with Gasteiger partial charge in [-0.1, -0.05) is 24.3 Å². The Balaban J connectivity index is 1.81. The predicted molar refractivity (Wildman–Crippen MR) is 77.5 cm³/mol. The SMILES string of the molecule is Cc1cc(C(=O)C2CC2c2ccccc2C)ccc1F. The number of carbonyl (C=O) groups is 1. The maximum atomic E-state index is 13.3. The molecular formula is C18H17FO. The maximum absolute atomic E-state index is 13.3. The number of hydrogen-bond acceptors (Lipinski definition) is 1. The van der Waals surface area contributed by atoms with Crippen molar-refractivity contribution in [3.8, 4) is 0 Å². The second-order valence-electron chi connectivity index (χ2n) is 5.63. The van der Waals surface area contributed by atoms with Crippen molar-refractivity contribution in [2.45, 2.75) is 26.2 Å². The fourth-order valence-electron chi connectivity index (χ4n) is 2.84. The molecule has 0 heterocycles. The molecule has 0 spiro atoms. The lowest BCUT2D eigenvalue weighted by Crippen LogP contribution is -2.04. The van der Waals surface area contributed by atoms with Gasteiger partial charge in [-0.05, 0) is 61.1 Å². The van der Waals surface area contributed by atoms with Crippen LogP contribution >= 0.6 is 0 Å². The summed E-state index contributed by atoms with van der Waals surface area (Å²) >= 11 is 0. The van der Waals surface area contributed by atoms with Crippen LogP contribution in [0.3, 0.4) is 0 Å². The molecule has 1 saturated carbocycles. The molecule has 0 saturated heterocycles. The number of halogens is 1. The zero-order valence-corrected chi connectivity index (χ0v) is 11.7. The van der Waals surface area contributed by atoms with E-state index in [1.54, 1.807) is 19.1 Å². The van der Waals surface area contributed by atoms with E-state index in [2.05, 4.69) is 19.1 Å². The Morgan fingerprint density at radius 3 is 2.55 bits per heavy atom. The number of carbonyl (C=O) groups excluding carboxylic acids is 1. The van der Waals surface area contributed by atoms with Crippen LogP contribution in [0.15, 0.2) is 42.5 Å².